The highest BCUT2D eigenvalue weighted by molar-refractivity contribution is 6.32. The van der Waals surface area contributed by atoms with Crippen LogP contribution < -0.4 is 10.2 Å². The van der Waals surface area contributed by atoms with Crippen LogP contribution in [0.5, 0.6) is 5.75 Å². The van der Waals surface area contributed by atoms with Crippen LogP contribution in [0.15, 0.2) is 64.1 Å². The zero-order chi connectivity index (χ0) is 16.9. The fourth-order valence-corrected chi connectivity index (χ4v) is 2.52. The van der Waals surface area contributed by atoms with Crippen LogP contribution in [-0.4, -0.2) is 13.3 Å². The molecule has 24 heavy (non-hydrogen) atoms. The van der Waals surface area contributed by atoms with Gasteiger partial charge in [0.15, 0.2) is 0 Å². The second kappa shape index (κ2) is 7.23. The van der Waals surface area contributed by atoms with Crippen molar-refractivity contribution in [3.8, 4) is 17.1 Å². The van der Waals surface area contributed by atoms with E-state index in [9.17, 15) is 0 Å². The highest BCUT2D eigenvalue weighted by atomic mass is 35.5. The molecule has 1 aromatic heterocycles. The first kappa shape index (κ1) is 16.1. The molecule has 0 unspecified atom stereocenters. The zero-order valence-electron chi connectivity index (χ0n) is 13.4. The SMILES string of the molecule is COc1ccc(-c2ccc(/C=N/Nc3ccccc3C)o2)cc1Cl. The molecular formula is C19H17ClN2O2. The maximum Gasteiger partial charge on any atom is 0.147 e. The molecule has 1 heterocycles. The number of anilines is 1. The molecular weight excluding hydrogens is 324 g/mol. The van der Waals surface area contributed by atoms with E-state index in [1.165, 1.54) is 0 Å². The van der Waals surface area contributed by atoms with E-state index < -0.39 is 0 Å². The molecule has 4 nitrogen and oxygen atoms in total. The quantitative estimate of drug-likeness (QED) is 0.502. The minimum absolute atomic E-state index is 0.544. The Bertz CT molecular complexity index is 871. The van der Waals surface area contributed by atoms with E-state index in [1.807, 2.05) is 61.5 Å². The smallest absolute Gasteiger partial charge is 0.147 e. The molecule has 0 fully saturated rings. The Labute approximate surface area is 145 Å². The first-order valence-electron chi connectivity index (χ1n) is 7.46. The third kappa shape index (κ3) is 3.60. The van der Waals surface area contributed by atoms with Gasteiger partial charge in [-0.05, 0) is 48.9 Å². The largest absolute Gasteiger partial charge is 0.495 e. The number of halogens is 1. The molecule has 1 N–H and O–H groups in total. The Morgan fingerprint density at radius 2 is 1.96 bits per heavy atom. The van der Waals surface area contributed by atoms with E-state index in [4.69, 9.17) is 20.8 Å². The lowest BCUT2D eigenvalue weighted by Gasteiger charge is -2.04. The first-order chi connectivity index (χ1) is 11.7. The van der Waals surface area contributed by atoms with Crippen LogP contribution >= 0.6 is 11.6 Å². The van der Waals surface area contributed by atoms with Crippen LogP contribution in [0.4, 0.5) is 5.69 Å². The molecule has 0 aliphatic rings. The Morgan fingerprint density at radius 3 is 2.71 bits per heavy atom. The fourth-order valence-electron chi connectivity index (χ4n) is 2.26. The summed E-state index contributed by atoms with van der Waals surface area (Å²) < 4.78 is 10.9. The number of aryl methyl sites for hydroxylation is 1. The van der Waals surface area contributed by atoms with E-state index in [1.54, 1.807) is 13.3 Å². The van der Waals surface area contributed by atoms with Crippen LogP contribution in [0.3, 0.4) is 0 Å². The van der Waals surface area contributed by atoms with Gasteiger partial charge in [0.1, 0.15) is 17.3 Å². The minimum Gasteiger partial charge on any atom is -0.495 e. The van der Waals surface area contributed by atoms with Gasteiger partial charge in [-0.3, -0.25) is 5.43 Å². The van der Waals surface area contributed by atoms with Crippen molar-refractivity contribution in [3.63, 3.8) is 0 Å². The van der Waals surface area contributed by atoms with E-state index in [-0.39, 0.29) is 0 Å². The average molecular weight is 341 g/mol. The van der Waals surface area contributed by atoms with Crippen molar-refractivity contribution >= 4 is 23.5 Å². The van der Waals surface area contributed by atoms with Crippen molar-refractivity contribution in [1.82, 2.24) is 0 Å². The number of hydrogen-bond acceptors (Lipinski definition) is 4. The number of furan rings is 1. The van der Waals surface area contributed by atoms with Gasteiger partial charge >= 0.3 is 0 Å². The molecule has 0 saturated carbocycles. The maximum absolute atomic E-state index is 6.15. The van der Waals surface area contributed by atoms with Crippen LogP contribution in [0.25, 0.3) is 11.3 Å². The second-order valence-electron chi connectivity index (χ2n) is 5.24. The molecule has 5 heteroatoms. The Balaban J connectivity index is 1.72. The Morgan fingerprint density at radius 1 is 1.12 bits per heavy atom. The van der Waals surface area contributed by atoms with Gasteiger partial charge in [-0.2, -0.15) is 5.10 Å². The minimum atomic E-state index is 0.544. The highest BCUT2D eigenvalue weighted by Gasteiger charge is 2.07. The molecule has 0 atom stereocenters. The Hall–Kier alpha value is -2.72. The summed E-state index contributed by atoms with van der Waals surface area (Å²) in [6.07, 6.45) is 1.64. The summed E-state index contributed by atoms with van der Waals surface area (Å²) in [5.74, 6) is 2.01. The molecule has 0 amide bonds. The number of nitrogens with zero attached hydrogens (tertiary/aromatic N) is 1. The molecule has 122 valence electrons. The molecule has 0 bridgehead atoms. The van der Waals surface area contributed by atoms with Crippen molar-refractivity contribution in [1.29, 1.82) is 0 Å². The maximum atomic E-state index is 6.15. The van der Waals surface area contributed by atoms with E-state index in [2.05, 4.69) is 10.5 Å². The third-order valence-electron chi connectivity index (χ3n) is 3.58. The summed E-state index contributed by atoms with van der Waals surface area (Å²) in [5.41, 5.74) is 5.98. The summed E-state index contributed by atoms with van der Waals surface area (Å²) in [4.78, 5) is 0. The van der Waals surface area contributed by atoms with E-state index >= 15 is 0 Å². The molecule has 3 rings (SSSR count). The topological polar surface area (TPSA) is 46.8 Å². The second-order valence-corrected chi connectivity index (χ2v) is 5.64. The molecule has 0 aliphatic carbocycles. The van der Waals surface area contributed by atoms with Gasteiger partial charge < -0.3 is 9.15 Å². The predicted molar refractivity (Wildman–Crippen MR) is 98.1 cm³/mol. The predicted octanol–water partition coefficient (Wildman–Crippen LogP) is 5.36. The van der Waals surface area contributed by atoms with Gasteiger partial charge in [-0.15, -0.1) is 0 Å². The van der Waals surface area contributed by atoms with Crippen LogP contribution in [-0.2, 0) is 0 Å². The van der Waals surface area contributed by atoms with Crippen molar-refractivity contribution in [2.24, 2.45) is 5.10 Å². The van der Waals surface area contributed by atoms with Crippen LogP contribution in [0.2, 0.25) is 5.02 Å². The van der Waals surface area contributed by atoms with Gasteiger partial charge in [0.25, 0.3) is 0 Å². The third-order valence-corrected chi connectivity index (χ3v) is 3.88. The molecule has 0 spiro atoms. The molecule has 3 aromatic rings. The summed E-state index contributed by atoms with van der Waals surface area (Å²) in [6, 6.07) is 17.2. The molecule has 0 radical (unpaired) electrons. The number of hydrogen-bond donors (Lipinski definition) is 1. The van der Waals surface area contributed by atoms with Crippen LogP contribution in [0, 0.1) is 6.92 Å². The average Bonchev–Trinajstić information content (AvgIpc) is 3.05. The first-order valence-corrected chi connectivity index (χ1v) is 7.83. The van der Waals surface area contributed by atoms with Crippen molar-refractivity contribution in [3.05, 3.63) is 70.9 Å². The number of hydrazone groups is 1. The normalized spacial score (nSPS) is 11.0. The van der Waals surface area contributed by atoms with Gasteiger partial charge in [0.2, 0.25) is 0 Å². The molecule has 2 aromatic carbocycles. The van der Waals surface area contributed by atoms with Gasteiger partial charge in [0.05, 0.1) is 24.0 Å². The number of para-hydroxylation sites is 1. The zero-order valence-corrected chi connectivity index (χ0v) is 14.2. The van der Waals surface area contributed by atoms with Crippen molar-refractivity contribution in [2.75, 3.05) is 12.5 Å². The van der Waals surface area contributed by atoms with Crippen molar-refractivity contribution in [2.45, 2.75) is 6.92 Å². The van der Waals surface area contributed by atoms with E-state index in [0.717, 1.165) is 22.6 Å². The van der Waals surface area contributed by atoms with E-state index in [0.29, 0.717) is 16.5 Å². The fraction of sp³-hybridized carbons (Fsp3) is 0.105. The number of ether oxygens (including phenoxy) is 1. The summed E-state index contributed by atoms with van der Waals surface area (Å²) in [6.45, 7) is 2.02. The standard InChI is InChI=1S/C19H17ClN2O2/c1-13-5-3-4-6-17(13)22-21-12-15-8-10-18(24-15)14-7-9-19(23-2)16(20)11-14/h3-12,22H,1-2H3/b21-12+. The summed E-state index contributed by atoms with van der Waals surface area (Å²) >= 11 is 6.15. The summed E-state index contributed by atoms with van der Waals surface area (Å²) in [7, 11) is 1.59. The van der Waals surface area contributed by atoms with Crippen LogP contribution in [0.1, 0.15) is 11.3 Å². The summed E-state index contributed by atoms with van der Waals surface area (Å²) in [5, 5.41) is 4.75. The Kier molecular flexibility index (Phi) is 4.87. The number of benzene rings is 2. The lowest BCUT2D eigenvalue weighted by molar-refractivity contribution is 0.415. The monoisotopic (exact) mass is 340 g/mol. The number of methoxy groups -OCH3 is 1. The van der Waals surface area contributed by atoms with Gasteiger partial charge in [-0.1, -0.05) is 29.8 Å². The number of rotatable bonds is 5. The molecule has 0 aliphatic heterocycles. The van der Waals surface area contributed by atoms with Crippen molar-refractivity contribution < 1.29 is 9.15 Å². The lowest BCUT2D eigenvalue weighted by atomic mass is 10.2. The van der Waals surface area contributed by atoms with Gasteiger partial charge in [0, 0.05) is 5.56 Å². The number of nitrogens with one attached hydrogen (secondary N) is 1. The highest BCUT2D eigenvalue weighted by Crippen LogP contribution is 2.30. The lowest BCUT2D eigenvalue weighted by Crippen LogP contribution is -1.91. The molecule has 0 saturated heterocycles. The van der Waals surface area contributed by atoms with Gasteiger partial charge in [-0.25, -0.2) is 0 Å².